The third-order valence-electron chi connectivity index (χ3n) is 3.83. The van der Waals surface area contributed by atoms with Gasteiger partial charge in [0.2, 0.25) is 5.91 Å². The van der Waals surface area contributed by atoms with Gasteiger partial charge in [-0.3, -0.25) is 9.59 Å². The molecule has 0 spiro atoms. The second-order valence-corrected chi connectivity index (χ2v) is 5.89. The van der Waals surface area contributed by atoms with Crippen molar-refractivity contribution in [2.45, 2.75) is 40.7 Å². The second kappa shape index (κ2) is 6.18. The topological polar surface area (TPSA) is 51.1 Å². The van der Waals surface area contributed by atoms with Crippen LogP contribution in [0.3, 0.4) is 0 Å². The molecule has 1 N–H and O–H groups in total. The number of aryl methyl sites for hydroxylation is 4. The average Bonchev–Trinajstić information content (AvgIpc) is 2.41. The molecule has 1 aromatic heterocycles. The lowest BCUT2D eigenvalue weighted by Crippen LogP contribution is -2.31. The van der Waals surface area contributed by atoms with Gasteiger partial charge in [-0.2, -0.15) is 0 Å². The Hall–Kier alpha value is -2.36. The summed E-state index contributed by atoms with van der Waals surface area (Å²) in [7, 11) is 0. The molecule has 0 aliphatic heterocycles. The van der Waals surface area contributed by atoms with Crippen molar-refractivity contribution in [2.24, 2.45) is 0 Å². The second-order valence-electron chi connectivity index (χ2n) is 5.89. The Morgan fingerprint density at radius 3 is 2.18 bits per heavy atom. The molecule has 1 aromatic carbocycles. The van der Waals surface area contributed by atoms with Crippen LogP contribution in [-0.2, 0) is 4.79 Å². The number of aromatic nitrogens is 1. The van der Waals surface area contributed by atoms with E-state index in [1.165, 1.54) is 10.6 Å². The van der Waals surface area contributed by atoms with Gasteiger partial charge in [0, 0.05) is 18.0 Å². The Morgan fingerprint density at radius 2 is 1.64 bits per heavy atom. The van der Waals surface area contributed by atoms with Crippen molar-refractivity contribution < 1.29 is 4.79 Å². The Balaban J connectivity index is 2.27. The number of benzene rings is 1. The first-order chi connectivity index (χ1) is 10.3. The fourth-order valence-corrected chi connectivity index (χ4v) is 2.64. The highest BCUT2D eigenvalue weighted by Gasteiger charge is 2.17. The minimum absolute atomic E-state index is 0.167. The lowest BCUT2D eigenvalue weighted by molar-refractivity contribution is -0.118. The average molecular weight is 298 g/mol. The summed E-state index contributed by atoms with van der Waals surface area (Å²) in [5.74, 6) is -0.194. The molecule has 116 valence electrons. The van der Waals surface area contributed by atoms with E-state index in [9.17, 15) is 9.59 Å². The number of carbonyl (C=O) groups is 1. The lowest BCUT2D eigenvalue weighted by Gasteiger charge is -2.18. The van der Waals surface area contributed by atoms with Crippen molar-refractivity contribution in [2.75, 3.05) is 5.32 Å². The van der Waals surface area contributed by atoms with E-state index < -0.39 is 6.04 Å². The normalized spacial score (nSPS) is 12.0. The predicted molar refractivity (Wildman–Crippen MR) is 89.4 cm³/mol. The number of anilines is 1. The first-order valence-electron chi connectivity index (χ1n) is 7.37. The number of pyridine rings is 1. The van der Waals surface area contributed by atoms with Gasteiger partial charge in [-0.25, -0.2) is 0 Å². The largest absolute Gasteiger partial charge is 0.324 e. The highest BCUT2D eigenvalue weighted by atomic mass is 16.2. The molecule has 0 aliphatic carbocycles. The highest BCUT2D eigenvalue weighted by molar-refractivity contribution is 5.94. The maximum absolute atomic E-state index is 12.5. The minimum atomic E-state index is -0.562. The zero-order chi connectivity index (χ0) is 16.4. The van der Waals surface area contributed by atoms with E-state index in [-0.39, 0.29) is 11.5 Å². The molecule has 22 heavy (non-hydrogen) atoms. The van der Waals surface area contributed by atoms with Gasteiger partial charge < -0.3 is 9.88 Å². The van der Waals surface area contributed by atoms with Gasteiger partial charge in [-0.05, 0) is 57.4 Å². The van der Waals surface area contributed by atoms with E-state index in [1.54, 1.807) is 13.1 Å². The van der Waals surface area contributed by atoms with Crippen LogP contribution in [0.1, 0.15) is 35.2 Å². The molecule has 2 aromatic rings. The molecule has 1 heterocycles. The quantitative estimate of drug-likeness (QED) is 0.945. The van der Waals surface area contributed by atoms with E-state index in [1.807, 2.05) is 45.9 Å². The van der Waals surface area contributed by atoms with Gasteiger partial charge >= 0.3 is 0 Å². The summed E-state index contributed by atoms with van der Waals surface area (Å²) in [5, 5.41) is 2.95. The van der Waals surface area contributed by atoms with Gasteiger partial charge in [0.15, 0.2) is 0 Å². The molecule has 0 radical (unpaired) electrons. The van der Waals surface area contributed by atoms with Gasteiger partial charge in [0.1, 0.15) is 6.04 Å². The van der Waals surface area contributed by atoms with Crippen molar-refractivity contribution in [1.82, 2.24) is 4.57 Å². The number of nitrogens with zero attached hydrogens (tertiary/aromatic N) is 1. The number of nitrogens with one attached hydrogen (secondary N) is 1. The molecule has 0 bridgehead atoms. The highest BCUT2D eigenvalue weighted by Crippen LogP contribution is 2.23. The molecule has 0 saturated carbocycles. The minimum Gasteiger partial charge on any atom is -0.324 e. The number of carbonyl (C=O) groups excluding carboxylic acids is 1. The molecular formula is C18H22N2O2. The smallest absolute Gasteiger partial charge is 0.251 e. The number of hydrogen-bond acceptors (Lipinski definition) is 2. The first kappa shape index (κ1) is 16.0. The SMILES string of the molecule is Cc1cc(C)c(NC(=O)C(C)n2ccc(C)cc2=O)c(C)c1. The fourth-order valence-electron chi connectivity index (χ4n) is 2.64. The summed E-state index contributed by atoms with van der Waals surface area (Å²) in [6, 6.07) is 6.87. The van der Waals surface area contributed by atoms with Crippen molar-refractivity contribution in [1.29, 1.82) is 0 Å². The van der Waals surface area contributed by atoms with Crippen LogP contribution in [0.15, 0.2) is 35.3 Å². The Bertz CT molecular complexity index is 752. The summed E-state index contributed by atoms with van der Waals surface area (Å²) in [5.41, 5.74) is 4.75. The molecule has 4 heteroatoms. The van der Waals surface area contributed by atoms with Gasteiger partial charge in [0.05, 0.1) is 0 Å². The van der Waals surface area contributed by atoms with E-state index in [2.05, 4.69) is 5.32 Å². The number of hydrogen-bond donors (Lipinski definition) is 1. The summed E-state index contributed by atoms with van der Waals surface area (Å²) >= 11 is 0. The Morgan fingerprint density at radius 1 is 1.05 bits per heavy atom. The zero-order valence-corrected chi connectivity index (χ0v) is 13.7. The van der Waals surface area contributed by atoms with Gasteiger partial charge in [-0.15, -0.1) is 0 Å². The fraction of sp³-hybridized carbons (Fsp3) is 0.333. The third kappa shape index (κ3) is 3.27. The van der Waals surface area contributed by atoms with Crippen molar-refractivity contribution >= 4 is 11.6 Å². The van der Waals surface area contributed by atoms with E-state index >= 15 is 0 Å². The van der Waals surface area contributed by atoms with Crippen LogP contribution in [0, 0.1) is 27.7 Å². The number of rotatable bonds is 3. The summed E-state index contributed by atoms with van der Waals surface area (Å²) < 4.78 is 1.45. The van der Waals surface area contributed by atoms with Crippen LogP contribution >= 0.6 is 0 Å². The van der Waals surface area contributed by atoms with Crippen molar-refractivity contribution in [3.8, 4) is 0 Å². The van der Waals surface area contributed by atoms with E-state index in [0.29, 0.717) is 0 Å². The van der Waals surface area contributed by atoms with Crippen LogP contribution in [0.2, 0.25) is 0 Å². The zero-order valence-electron chi connectivity index (χ0n) is 13.7. The first-order valence-corrected chi connectivity index (χ1v) is 7.37. The number of amides is 1. The summed E-state index contributed by atoms with van der Waals surface area (Å²) in [6.07, 6.45) is 1.66. The summed E-state index contributed by atoms with van der Waals surface area (Å²) in [6.45, 7) is 9.55. The van der Waals surface area contributed by atoms with Gasteiger partial charge in [0.25, 0.3) is 5.56 Å². The van der Waals surface area contributed by atoms with E-state index in [0.717, 1.165) is 27.9 Å². The third-order valence-corrected chi connectivity index (χ3v) is 3.83. The molecule has 2 rings (SSSR count). The van der Waals surface area contributed by atoms with Crippen LogP contribution in [-0.4, -0.2) is 10.5 Å². The standard InChI is InChI=1S/C18H22N2O2/c1-11-6-7-20(16(21)10-11)15(5)18(22)19-17-13(3)8-12(2)9-14(17)4/h6-10,15H,1-5H3,(H,19,22). The lowest BCUT2D eigenvalue weighted by atomic mass is 10.0. The van der Waals surface area contributed by atoms with Crippen molar-refractivity contribution in [3.05, 3.63) is 63.1 Å². The monoisotopic (exact) mass is 298 g/mol. The van der Waals surface area contributed by atoms with Crippen molar-refractivity contribution in [3.63, 3.8) is 0 Å². The molecule has 1 amide bonds. The summed E-state index contributed by atoms with van der Waals surface area (Å²) in [4.78, 5) is 24.5. The Labute approximate surface area is 130 Å². The molecule has 0 saturated heterocycles. The van der Waals surface area contributed by atoms with Crippen LogP contribution in [0.5, 0.6) is 0 Å². The molecule has 1 atom stereocenters. The van der Waals surface area contributed by atoms with Crippen LogP contribution in [0.4, 0.5) is 5.69 Å². The maximum atomic E-state index is 12.5. The Kier molecular flexibility index (Phi) is 4.50. The van der Waals surface area contributed by atoms with E-state index in [4.69, 9.17) is 0 Å². The maximum Gasteiger partial charge on any atom is 0.251 e. The predicted octanol–water partition coefficient (Wildman–Crippen LogP) is 3.28. The molecule has 0 fully saturated rings. The van der Waals surface area contributed by atoms with Crippen LogP contribution < -0.4 is 10.9 Å². The molecule has 0 aliphatic rings. The van der Waals surface area contributed by atoms with Gasteiger partial charge in [-0.1, -0.05) is 17.7 Å². The molecule has 1 unspecified atom stereocenters. The molecular weight excluding hydrogens is 276 g/mol. The molecule has 4 nitrogen and oxygen atoms in total. The van der Waals surface area contributed by atoms with Crippen LogP contribution in [0.25, 0.3) is 0 Å².